The van der Waals surface area contributed by atoms with Crippen LogP contribution in [0.2, 0.25) is 5.02 Å². The lowest BCUT2D eigenvalue weighted by Crippen LogP contribution is -2.23. The number of benzene rings is 3. The zero-order valence-electron chi connectivity index (χ0n) is 18.8. The van der Waals surface area contributed by atoms with Crippen LogP contribution in [0.5, 0.6) is 5.75 Å². The van der Waals surface area contributed by atoms with E-state index in [0.29, 0.717) is 34.3 Å². The third-order valence-corrected chi connectivity index (χ3v) is 5.76. The molecule has 3 aromatic carbocycles. The second kappa shape index (κ2) is 10.6. The Morgan fingerprint density at radius 1 is 1.00 bits per heavy atom. The van der Waals surface area contributed by atoms with E-state index < -0.39 is 15.9 Å². The normalized spacial score (nSPS) is 11.1. The molecular weight excluding hydrogens is 488 g/mol. The highest BCUT2D eigenvalue weighted by Crippen LogP contribution is 2.29. The first-order chi connectivity index (χ1) is 16.8. The summed E-state index contributed by atoms with van der Waals surface area (Å²) in [6, 6.07) is 23.7. The van der Waals surface area contributed by atoms with Gasteiger partial charge in [0.05, 0.1) is 17.6 Å². The maximum atomic E-state index is 12.7. The largest absolute Gasteiger partial charge is 0.488 e. The number of sulfonamides is 1. The molecule has 0 radical (unpaired) electrons. The van der Waals surface area contributed by atoms with E-state index in [1.54, 1.807) is 18.2 Å². The van der Waals surface area contributed by atoms with Gasteiger partial charge < -0.3 is 10.1 Å². The molecule has 4 rings (SSSR count). The van der Waals surface area contributed by atoms with Gasteiger partial charge in [0.25, 0.3) is 5.91 Å². The van der Waals surface area contributed by atoms with Gasteiger partial charge in [0, 0.05) is 17.1 Å². The number of H-pyrrole nitrogens is 1. The van der Waals surface area contributed by atoms with Gasteiger partial charge in [-0.05, 0) is 47.5 Å². The fraction of sp³-hybridized carbons (Fsp3) is 0.120. The number of rotatable bonds is 9. The smallest absolute Gasteiger partial charge is 0.272 e. The van der Waals surface area contributed by atoms with Crippen molar-refractivity contribution in [2.24, 2.45) is 0 Å². The number of anilines is 1. The van der Waals surface area contributed by atoms with Crippen molar-refractivity contribution in [1.29, 1.82) is 0 Å². The summed E-state index contributed by atoms with van der Waals surface area (Å²) >= 11 is 6.09. The molecule has 1 aromatic heterocycles. The van der Waals surface area contributed by atoms with E-state index >= 15 is 0 Å². The van der Waals surface area contributed by atoms with Crippen molar-refractivity contribution in [3.05, 3.63) is 101 Å². The van der Waals surface area contributed by atoms with Crippen molar-refractivity contribution in [3.8, 4) is 17.0 Å². The van der Waals surface area contributed by atoms with Crippen molar-refractivity contribution < 1.29 is 17.9 Å². The van der Waals surface area contributed by atoms with Crippen LogP contribution < -0.4 is 14.8 Å². The number of nitrogens with zero attached hydrogens (tertiary/aromatic N) is 1. The molecule has 3 N–H and O–H groups in total. The second-order valence-corrected chi connectivity index (χ2v) is 10.0. The van der Waals surface area contributed by atoms with E-state index in [0.717, 1.165) is 17.4 Å². The minimum atomic E-state index is -3.45. The molecule has 0 unspecified atom stereocenters. The molecule has 0 spiro atoms. The number of aromatic amines is 1. The van der Waals surface area contributed by atoms with Crippen LogP contribution in [0.25, 0.3) is 11.3 Å². The van der Waals surface area contributed by atoms with Gasteiger partial charge in [0.1, 0.15) is 12.4 Å². The summed E-state index contributed by atoms with van der Waals surface area (Å²) < 4.78 is 31.3. The van der Waals surface area contributed by atoms with Gasteiger partial charge in [0.2, 0.25) is 10.0 Å². The third kappa shape index (κ3) is 6.84. The van der Waals surface area contributed by atoms with Crippen molar-refractivity contribution in [2.75, 3.05) is 11.0 Å². The first-order valence-corrected chi connectivity index (χ1v) is 12.9. The van der Waals surface area contributed by atoms with Crippen molar-refractivity contribution in [3.63, 3.8) is 0 Å². The van der Waals surface area contributed by atoms with Crippen LogP contribution >= 0.6 is 11.6 Å². The second-order valence-electron chi connectivity index (χ2n) is 7.84. The molecule has 0 aliphatic heterocycles. The Bertz CT molecular complexity index is 1440. The van der Waals surface area contributed by atoms with Crippen molar-refractivity contribution in [1.82, 2.24) is 15.5 Å². The van der Waals surface area contributed by atoms with E-state index in [1.165, 1.54) is 6.07 Å². The topological polar surface area (TPSA) is 113 Å². The van der Waals surface area contributed by atoms with Crippen LogP contribution in [-0.2, 0) is 23.2 Å². The molecule has 1 heterocycles. The predicted octanol–water partition coefficient (Wildman–Crippen LogP) is 4.61. The summed E-state index contributed by atoms with van der Waals surface area (Å²) in [5.74, 6) is 0.268. The fourth-order valence-electron chi connectivity index (χ4n) is 3.42. The van der Waals surface area contributed by atoms with Crippen LogP contribution in [0, 0.1) is 0 Å². The number of carbonyl (C=O) groups is 1. The Hall–Kier alpha value is -3.82. The van der Waals surface area contributed by atoms with Gasteiger partial charge in [-0.2, -0.15) is 5.10 Å². The molecule has 0 bridgehead atoms. The summed E-state index contributed by atoms with van der Waals surface area (Å²) in [6.07, 6.45) is 1.05. The number of hydrogen-bond donors (Lipinski definition) is 3. The third-order valence-electron chi connectivity index (χ3n) is 4.94. The van der Waals surface area contributed by atoms with E-state index in [2.05, 4.69) is 20.2 Å². The van der Waals surface area contributed by atoms with Gasteiger partial charge in [0.15, 0.2) is 5.69 Å². The van der Waals surface area contributed by atoms with Crippen LogP contribution in [-0.4, -0.2) is 30.8 Å². The molecule has 1 amide bonds. The minimum absolute atomic E-state index is 0.136. The SMILES string of the molecule is CS(=O)(=O)Nc1cc(Cl)cc(CNC(=O)c2cc(-c3ccccc3OCc3ccccc3)[nH]n2)c1. The Balaban J connectivity index is 1.44. The summed E-state index contributed by atoms with van der Waals surface area (Å²) in [7, 11) is -3.45. The zero-order valence-corrected chi connectivity index (χ0v) is 20.4. The molecule has 8 nitrogen and oxygen atoms in total. The molecule has 0 saturated heterocycles. The molecule has 35 heavy (non-hydrogen) atoms. The van der Waals surface area contributed by atoms with E-state index in [9.17, 15) is 13.2 Å². The number of nitrogens with one attached hydrogen (secondary N) is 3. The number of hydrogen-bond acceptors (Lipinski definition) is 5. The minimum Gasteiger partial charge on any atom is -0.488 e. The molecule has 0 aliphatic rings. The number of halogens is 1. The zero-order chi connectivity index (χ0) is 24.8. The molecule has 0 saturated carbocycles. The number of ether oxygens (including phenoxy) is 1. The van der Waals surface area contributed by atoms with Crippen LogP contribution in [0.4, 0.5) is 5.69 Å². The lowest BCUT2D eigenvalue weighted by molar-refractivity contribution is 0.0946. The van der Waals surface area contributed by atoms with Gasteiger partial charge in [-0.1, -0.05) is 54.1 Å². The number of aromatic nitrogens is 2. The van der Waals surface area contributed by atoms with Crippen LogP contribution in [0.15, 0.2) is 78.9 Å². The molecular formula is C25H23ClN4O4S. The van der Waals surface area contributed by atoms with Gasteiger partial charge in [-0.25, -0.2) is 8.42 Å². The first kappa shape index (κ1) is 24.3. The number of para-hydroxylation sites is 1. The summed E-state index contributed by atoms with van der Waals surface area (Å²) in [5, 5.41) is 10.1. The summed E-state index contributed by atoms with van der Waals surface area (Å²) in [5.41, 5.74) is 3.62. The fourth-order valence-corrected chi connectivity index (χ4v) is 4.23. The Kier molecular flexibility index (Phi) is 7.38. The molecule has 0 aliphatic carbocycles. The van der Waals surface area contributed by atoms with E-state index in [4.69, 9.17) is 16.3 Å². The van der Waals surface area contributed by atoms with E-state index in [-0.39, 0.29) is 12.2 Å². The summed E-state index contributed by atoms with van der Waals surface area (Å²) in [6.45, 7) is 0.548. The maximum Gasteiger partial charge on any atom is 0.272 e. The average molecular weight is 511 g/mol. The molecule has 10 heteroatoms. The molecule has 4 aromatic rings. The van der Waals surface area contributed by atoms with Crippen LogP contribution in [0.1, 0.15) is 21.6 Å². The molecule has 0 fully saturated rings. The van der Waals surface area contributed by atoms with Gasteiger partial charge >= 0.3 is 0 Å². The van der Waals surface area contributed by atoms with E-state index in [1.807, 2.05) is 54.6 Å². The Morgan fingerprint density at radius 3 is 2.51 bits per heavy atom. The highest BCUT2D eigenvalue weighted by atomic mass is 35.5. The molecule has 0 atom stereocenters. The lowest BCUT2D eigenvalue weighted by Gasteiger charge is -2.10. The highest BCUT2D eigenvalue weighted by molar-refractivity contribution is 7.92. The lowest BCUT2D eigenvalue weighted by atomic mass is 10.1. The Labute approximate surface area is 208 Å². The standard InChI is InChI=1S/C25H23ClN4O4S/c1-35(32,33)30-20-12-18(11-19(26)13-20)15-27-25(31)23-14-22(28-29-23)21-9-5-6-10-24(21)34-16-17-7-3-2-4-8-17/h2-14,30H,15-16H2,1H3,(H,27,31)(H,28,29). The van der Waals surface area contributed by atoms with Crippen LogP contribution in [0.3, 0.4) is 0 Å². The maximum absolute atomic E-state index is 12.7. The average Bonchev–Trinajstić information content (AvgIpc) is 3.31. The predicted molar refractivity (Wildman–Crippen MR) is 136 cm³/mol. The van der Waals surface area contributed by atoms with Crippen molar-refractivity contribution in [2.45, 2.75) is 13.2 Å². The quantitative estimate of drug-likeness (QED) is 0.304. The molecule has 180 valence electrons. The Morgan fingerprint density at radius 2 is 1.74 bits per heavy atom. The van der Waals surface area contributed by atoms with Gasteiger partial charge in [-0.15, -0.1) is 0 Å². The number of carbonyl (C=O) groups excluding carboxylic acids is 1. The first-order valence-electron chi connectivity index (χ1n) is 10.6. The highest BCUT2D eigenvalue weighted by Gasteiger charge is 2.14. The van der Waals surface area contributed by atoms with Crippen molar-refractivity contribution >= 4 is 33.2 Å². The monoisotopic (exact) mass is 510 g/mol. The van der Waals surface area contributed by atoms with Gasteiger partial charge in [-0.3, -0.25) is 14.6 Å². The number of amides is 1. The summed E-state index contributed by atoms with van der Waals surface area (Å²) in [4.78, 5) is 12.7.